The van der Waals surface area contributed by atoms with Gasteiger partial charge in [0, 0.05) is 13.5 Å². The largest absolute Gasteiger partial charge is 0.496 e. The molecule has 0 aliphatic carbocycles. The van der Waals surface area contributed by atoms with Crippen LogP contribution in [-0.4, -0.2) is 39.4 Å². The highest BCUT2D eigenvalue weighted by Gasteiger charge is 2.16. The molecule has 2 aromatic carbocycles. The quantitative estimate of drug-likeness (QED) is 0.618. The van der Waals surface area contributed by atoms with Crippen molar-refractivity contribution in [2.24, 2.45) is 7.05 Å². The SMILES string of the molecule is COc1ccccc1C(=O)NC(=O)CSc1nnc(Cc2ccccc2)n1C. The van der Waals surface area contributed by atoms with Gasteiger partial charge in [0.05, 0.1) is 18.4 Å². The van der Waals surface area contributed by atoms with Crippen LogP contribution in [0.15, 0.2) is 59.8 Å². The highest BCUT2D eigenvalue weighted by molar-refractivity contribution is 7.99. The van der Waals surface area contributed by atoms with Crippen molar-refractivity contribution in [3.63, 3.8) is 0 Å². The molecule has 0 unspecified atom stereocenters. The van der Waals surface area contributed by atoms with Crippen molar-refractivity contribution in [1.82, 2.24) is 20.1 Å². The van der Waals surface area contributed by atoms with Crippen LogP contribution in [0.1, 0.15) is 21.7 Å². The molecule has 1 heterocycles. The number of carbonyl (C=O) groups is 2. The Balaban J connectivity index is 1.57. The van der Waals surface area contributed by atoms with Gasteiger partial charge in [0.15, 0.2) is 5.16 Å². The zero-order valence-corrected chi connectivity index (χ0v) is 16.4. The maximum atomic E-state index is 12.3. The van der Waals surface area contributed by atoms with E-state index >= 15 is 0 Å². The minimum Gasteiger partial charge on any atom is -0.496 e. The molecule has 0 aliphatic rings. The summed E-state index contributed by atoms with van der Waals surface area (Å²) < 4.78 is 7.00. The van der Waals surface area contributed by atoms with Crippen LogP contribution in [0.5, 0.6) is 5.75 Å². The van der Waals surface area contributed by atoms with E-state index in [9.17, 15) is 9.59 Å². The van der Waals surface area contributed by atoms with Gasteiger partial charge in [-0.05, 0) is 17.7 Å². The third-order valence-electron chi connectivity index (χ3n) is 4.07. The summed E-state index contributed by atoms with van der Waals surface area (Å²) in [7, 11) is 3.34. The van der Waals surface area contributed by atoms with E-state index in [-0.39, 0.29) is 5.75 Å². The lowest BCUT2D eigenvalue weighted by atomic mass is 10.1. The topological polar surface area (TPSA) is 86.1 Å². The molecule has 7 nitrogen and oxygen atoms in total. The molecule has 1 aromatic heterocycles. The Morgan fingerprint density at radius 1 is 1.07 bits per heavy atom. The number of para-hydroxylation sites is 1. The Labute approximate surface area is 167 Å². The van der Waals surface area contributed by atoms with E-state index in [1.54, 1.807) is 24.3 Å². The zero-order valence-electron chi connectivity index (χ0n) is 15.6. The molecule has 28 heavy (non-hydrogen) atoms. The average molecular weight is 396 g/mol. The van der Waals surface area contributed by atoms with Gasteiger partial charge in [0.25, 0.3) is 5.91 Å². The normalized spacial score (nSPS) is 10.5. The van der Waals surface area contributed by atoms with E-state index in [1.807, 2.05) is 41.9 Å². The third-order valence-corrected chi connectivity index (χ3v) is 5.09. The van der Waals surface area contributed by atoms with Gasteiger partial charge in [-0.3, -0.25) is 14.9 Å². The molecule has 1 N–H and O–H groups in total. The van der Waals surface area contributed by atoms with Crippen molar-refractivity contribution >= 4 is 23.6 Å². The van der Waals surface area contributed by atoms with Crippen molar-refractivity contribution in [2.45, 2.75) is 11.6 Å². The molecule has 3 aromatic rings. The molecular formula is C20H20N4O3S. The molecule has 0 aliphatic heterocycles. The minimum atomic E-state index is -0.495. The van der Waals surface area contributed by atoms with Crippen LogP contribution in [0.3, 0.4) is 0 Å². The molecule has 2 amide bonds. The first-order chi connectivity index (χ1) is 13.6. The standard InChI is InChI=1S/C20H20N4O3S/c1-24-17(12-14-8-4-3-5-9-14)22-23-20(24)28-13-18(25)21-19(26)15-10-6-7-11-16(15)27-2/h3-11H,12-13H2,1-2H3,(H,21,25,26). The van der Waals surface area contributed by atoms with Gasteiger partial charge in [-0.1, -0.05) is 54.2 Å². The Morgan fingerprint density at radius 2 is 1.79 bits per heavy atom. The number of hydrogen-bond acceptors (Lipinski definition) is 6. The Bertz CT molecular complexity index is 973. The zero-order chi connectivity index (χ0) is 19.9. The number of hydrogen-bond donors (Lipinski definition) is 1. The van der Waals surface area contributed by atoms with E-state index in [4.69, 9.17) is 4.74 Å². The average Bonchev–Trinajstić information content (AvgIpc) is 3.06. The molecule has 0 saturated heterocycles. The summed E-state index contributed by atoms with van der Waals surface area (Å²) in [5, 5.41) is 11.3. The summed E-state index contributed by atoms with van der Waals surface area (Å²) in [6, 6.07) is 16.7. The van der Waals surface area contributed by atoms with Gasteiger partial charge < -0.3 is 9.30 Å². The number of imide groups is 1. The Hall–Kier alpha value is -3.13. The number of carbonyl (C=O) groups excluding carboxylic acids is 2. The number of aromatic nitrogens is 3. The van der Waals surface area contributed by atoms with E-state index in [0.29, 0.717) is 22.9 Å². The van der Waals surface area contributed by atoms with Crippen molar-refractivity contribution in [2.75, 3.05) is 12.9 Å². The number of ether oxygens (including phenoxy) is 1. The van der Waals surface area contributed by atoms with E-state index in [0.717, 1.165) is 11.4 Å². The van der Waals surface area contributed by atoms with Crippen molar-refractivity contribution < 1.29 is 14.3 Å². The second kappa shape index (κ2) is 9.18. The number of methoxy groups -OCH3 is 1. The van der Waals surface area contributed by atoms with Gasteiger partial charge in [-0.15, -0.1) is 10.2 Å². The summed E-state index contributed by atoms with van der Waals surface area (Å²) in [6.45, 7) is 0. The Kier molecular flexibility index (Phi) is 6.44. The van der Waals surface area contributed by atoms with Crippen molar-refractivity contribution in [1.29, 1.82) is 0 Å². The summed E-state index contributed by atoms with van der Waals surface area (Å²) >= 11 is 1.23. The first-order valence-corrected chi connectivity index (χ1v) is 9.59. The van der Waals surface area contributed by atoms with Crippen LogP contribution >= 0.6 is 11.8 Å². The fourth-order valence-corrected chi connectivity index (χ4v) is 3.33. The second-order valence-corrected chi connectivity index (χ2v) is 6.93. The first-order valence-electron chi connectivity index (χ1n) is 8.60. The minimum absolute atomic E-state index is 0.0538. The molecule has 3 rings (SSSR count). The van der Waals surface area contributed by atoms with E-state index in [2.05, 4.69) is 15.5 Å². The highest BCUT2D eigenvalue weighted by atomic mass is 32.2. The lowest BCUT2D eigenvalue weighted by molar-refractivity contribution is -0.117. The summed E-state index contributed by atoms with van der Waals surface area (Å²) in [5.41, 5.74) is 1.45. The van der Waals surface area contributed by atoms with Crippen molar-refractivity contribution in [3.8, 4) is 5.75 Å². The molecule has 0 fully saturated rings. The number of nitrogens with one attached hydrogen (secondary N) is 1. The molecular weight excluding hydrogens is 376 g/mol. The first kappa shape index (κ1) is 19.6. The van der Waals surface area contributed by atoms with Gasteiger partial charge >= 0.3 is 0 Å². The van der Waals surface area contributed by atoms with Crippen LogP contribution in [0.2, 0.25) is 0 Å². The monoisotopic (exact) mass is 396 g/mol. The number of rotatable bonds is 7. The molecule has 0 spiro atoms. The third kappa shape index (κ3) is 4.77. The molecule has 0 radical (unpaired) electrons. The molecule has 0 atom stereocenters. The van der Waals surface area contributed by atoms with Crippen LogP contribution in [0.4, 0.5) is 0 Å². The van der Waals surface area contributed by atoms with E-state index < -0.39 is 11.8 Å². The van der Waals surface area contributed by atoms with Gasteiger partial charge in [-0.25, -0.2) is 0 Å². The van der Waals surface area contributed by atoms with Crippen LogP contribution in [0, 0.1) is 0 Å². The predicted molar refractivity (Wildman–Crippen MR) is 106 cm³/mol. The van der Waals surface area contributed by atoms with E-state index in [1.165, 1.54) is 18.9 Å². The van der Waals surface area contributed by atoms with Gasteiger partial charge in [0.1, 0.15) is 11.6 Å². The van der Waals surface area contributed by atoms with Gasteiger partial charge in [0.2, 0.25) is 5.91 Å². The number of benzene rings is 2. The maximum Gasteiger partial charge on any atom is 0.261 e. The van der Waals surface area contributed by atoms with Crippen molar-refractivity contribution in [3.05, 3.63) is 71.5 Å². The number of amides is 2. The summed E-state index contributed by atoms with van der Waals surface area (Å²) in [4.78, 5) is 24.4. The fourth-order valence-electron chi connectivity index (χ4n) is 2.60. The summed E-state index contributed by atoms with van der Waals surface area (Å²) in [5.74, 6) is 0.371. The van der Waals surface area contributed by atoms with Crippen LogP contribution in [0.25, 0.3) is 0 Å². The molecule has 0 bridgehead atoms. The highest BCUT2D eigenvalue weighted by Crippen LogP contribution is 2.19. The number of thioether (sulfide) groups is 1. The predicted octanol–water partition coefficient (Wildman–Crippen LogP) is 2.46. The second-order valence-electron chi connectivity index (χ2n) is 5.99. The molecule has 144 valence electrons. The maximum absolute atomic E-state index is 12.3. The smallest absolute Gasteiger partial charge is 0.261 e. The van der Waals surface area contributed by atoms with Crippen LogP contribution < -0.4 is 10.1 Å². The van der Waals surface area contributed by atoms with Crippen LogP contribution in [-0.2, 0) is 18.3 Å². The Morgan fingerprint density at radius 3 is 2.54 bits per heavy atom. The number of nitrogens with zero attached hydrogens (tertiary/aromatic N) is 3. The summed E-state index contributed by atoms with van der Waals surface area (Å²) in [6.07, 6.45) is 0.656. The lowest BCUT2D eigenvalue weighted by Gasteiger charge is -2.08. The fraction of sp³-hybridized carbons (Fsp3) is 0.200. The lowest BCUT2D eigenvalue weighted by Crippen LogP contribution is -2.32. The molecule has 8 heteroatoms. The van der Waals surface area contributed by atoms with Gasteiger partial charge in [-0.2, -0.15) is 0 Å². The molecule has 0 saturated carbocycles.